The van der Waals surface area contributed by atoms with E-state index in [1.54, 1.807) is 0 Å². The minimum absolute atomic E-state index is 0. The Kier molecular flexibility index (Phi) is 8.00. The fraction of sp³-hybridized carbons (Fsp3) is 0.500. The molecule has 0 rings (SSSR count). The molecule has 4 heteroatoms. The molecule has 0 amide bonds. The third-order valence-electron chi connectivity index (χ3n) is 0.837. The van der Waals surface area contributed by atoms with E-state index in [9.17, 15) is 4.79 Å². The van der Waals surface area contributed by atoms with E-state index >= 15 is 0 Å². The van der Waals surface area contributed by atoms with Crippen molar-refractivity contribution in [1.29, 1.82) is 0 Å². The van der Waals surface area contributed by atoms with Crippen LogP contribution < -0.4 is 5.73 Å². The van der Waals surface area contributed by atoms with Gasteiger partial charge in [-0.05, 0) is 6.42 Å². The summed E-state index contributed by atoms with van der Waals surface area (Å²) in [7, 11) is 0. The number of nitrogens with two attached hydrogens (primary N) is 1. The van der Waals surface area contributed by atoms with Gasteiger partial charge >= 0.3 is 5.97 Å². The predicted octanol–water partition coefficient (Wildman–Crippen LogP) is 0.832. The topological polar surface area (TPSA) is 52.3 Å². The molecule has 0 aromatic heterocycles. The average molecular weight is 166 g/mol. The molecule has 0 fully saturated rings. The van der Waals surface area contributed by atoms with Gasteiger partial charge in [0.25, 0.3) is 0 Å². The Balaban J connectivity index is 0. The van der Waals surface area contributed by atoms with Crippen LogP contribution in [0.4, 0.5) is 0 Å². The van der Waals surface area contributed by atoms with Gasteiger partial charge in [-0.15, -0.1) is 12.4 Å². The molecule has 0 bridgehead atoms. The summed E-state index contributed by atoms with van der Waals surface area (Å²) in [6, 6.07) is 0. The molecule has 60 valence electrons. The van der Waals surface area contributed by atoms with E-state index in [4.69, 9.17) is 5.73 Å². The molecule has 0 aliphatic heterocycles. The number of hydrogen-bond donors (Lipinski definition) is 1. The van der Waals surface area contributed by atoms with Crippen molar-refractivity contribution in [3.05, 3.63) is 12.7 Å². The zero-order chi connectivity index (χ0) is 7.28. The second-order valence-electron chi connectivity index (χ2n) is 1.59. The summed E-state index contributed by atoms with van der Waals surface area (Å²) >= 11 is 0. The van der Waals surface area contributed by atoms with Crippen LogP contribution in [0.1, 0.15) is 13.3 Å². The molecule has 0 saturated carbocycles. The first-order valence-electron chi connectivity index (χ1n) is 2.79. The summed E-state index contributed by atoms with van der Waals surface area (Å²) in [6.07, 6.45) is 1.23. The van der Waals surface area contributed by atoms with E-state index in [2.05, 4.69) is 11.3 Å². The van der Waals surface area contributed by atoms with Gasteiger partial charge in [0.15, 0.2) is 6.23 Å². The lowest BCUT2D eigenvalue weighted by atomic mass is 10.4. The minimum Gasteiger partial charge on any atom is -0.444 e. The maximum Gasteiger partial charge on any atom is 0.331 e. The van der Waals surface area contributed by atoms with E-state index in [1.807, 2.05) is 6.92 Å². The lowest BCUT2D eigenvalue weighted by Gasteiger charge is -2.07. The SMILES string of the molecule is C=CC(=O)OC(N)CC.Cl. The second kappa shape index (κ2) is 6.58. The summed E-state index contributed by atoms with van der Waals surface area (Å²) in [6.45, 7) is 5.05. The highest BCUT2D eigenvalue weighted by atomic mass is 35.5. The first kappa shape index (κ1) is 12.2. The Bertz CT molecular complexity index is 116. The highest BCUT2D eigenvalue weighted by Gasteiger charge is 2.01. The number of halogens is 1. The summed E-state index contributed by atoms with van der Waals surface area (Å²) in [5, 5.41) is 0. The molecular weight excluding hydrogens is 154 g/mol. The zero-order valence-corrected chi connectivity index (χ0v) is 6.69. The van der Waals surface area contributed by atoms with E-state index in [-0.39, 0.29) is 12.4 Å². The van der Waals surface area contributed by atoms with Crippen molar-refractivity contribution in [2.75, 3.05) is 0 Å². The van der Waals surface area contributed by atoms with Gasteiger partial charge in [-0.25, -0.2) is 4.79 Å². The first-order valence-corrected chi connectivity index (χ1v) is 2.79. The van der Waals surface area contributed by atoms with Gasteiger partial charge in [-0.3, -0.25) is 5.73 Å². The molecule has 1 atom stereocenters. The molecule has 2 N–H and O–H groups in total. The lowest BCUT2D eigenvalue weighted by molar-refractivity contribution is -0.142. The molecule has 0 saturated heterocycles. The second-order valence-corrected chi connectivity index (χ2v) is 1.59. The number of carbonyl (C=O) groups is 1. The minimum atomic E-state index is -0.490. The smallest absolute Gasteiger partial charge is 0.331 e. The summed E-state index contributed by atoms with van der Waals surface area (Å²) in [5.41, 5.74) is 5.26. The number of hydrogen-bond acceptors (Lipinski definition) is 3. The van der Waals surface area contributed by atoms with Crippen molar-refractivity contribution in [2.24, 2.45) is 5.73 Å². The Morgan fingerprint density at radius 2 is 2.40 bits per heavy atom. The molecule has 1 unspecified atom stereocenters. The van der Waals surface area contributed by atoms with Gasteiger partial charge in [0.1, 0.15) is 0 Å². The average Bonchev–Trinajstić information content (AvgIpc) is 1.87. The van der Waals surface area contributed by atoms with Gasteiger partial charge in [0.2, 0.25) is 0 Å². The van der Waals surface area contributed by atoms with E-state index < -0.39 is 12.2 Å². The lowest BCUT2D eigenvalue weighted by Crippen LogP contribution is -2.24. The maximum absolute atomic E-state index is 10.4. The predicted molar refractivity (Wildman–Crippen MR) is 41.8 cm³/mol. The Hall–Kier alpha value is -0.540. The van der Waals surface area contributed by atoms with Crippen LogP contribution in [0.5, 0.6) is 0 Å². The summed E-state index contributed by atoms with van der Waals surface area (Å²) in [4.78, 5) is 10.4. The van der Waals surface area contributed by atoms with Gasteiger partial charge in [-0.2, -0.15) is 0 Å². The monoisotopic (exact) mass is 165 g/mol. The van der Waals surface area contributed by atoms with Gasteiger partial charge < -0.3 is 4.74 Å². The molecule has 0 aliphatic carbocycles. The molecule has 0 spiro atoms. The molecule has 0 aromatic rings. The van der Waals surface area contributed by atoms with E-state index in [0.29, 0.717) is 6.42 Å². The third kappa shape index (κ3) is 5.59. The van der Waals surface area contributed by atoms with Crippen LogP contribution in [0.2, 0.25) is 0 Å². The maximum atomic E-state index is 10.4. The Morgan fingerprint density at radius 1 is 1.90 bits per heavy atom. The summed E-state index contributed by atoms with van der Waals surface area (Å²) in [5.74, 6) is -0.468. The van der Waals surface area contributed by atoms with Crippen LogP contribution in [0.3, 0.4) is 0 Å². The number of ether oxygens (including phenoxy) is 1. The van der Waals surface area contributed by atoms with Gasteiger partial charge in [0, 0.05) is 6.08 Å². The molecule has 0 aliphatic rings. The fourth-order valence-corrected chi connectivity index (χ4v) is 0.281. The quantitative estimate of drug-likeness (QED) is 0.383. The van der Waals surface area contributed by atoms with Crippen molar-refractivity contribution in [1.82, 2.24) is 0 Å². The molecule has 0 heterocycles. The standard InChI is InChI=1S/C6H11NO2.ClH/c1-3-5(7)9-6(8)4-2;/h4-5H,2-3,7H2,1H3;1H. The third-order valence-corrected chi connectivity index (χ3v) is 0.837. The molecule has 0 radical (unpaired) electrons. The van der Waals surface area contributed by atoms with Crippen molar-refractivity contribution in [3.8, 4) is 0 Å². The Morgan fingerprint density at radius 3 is 2.70 bits per heavy atom. The van der Waals surface area contributed by atoms with Crippen LogP contribution in [0, 0.1) is 0 Å². The van der Waals surface area contributed by atoms with Crippen LogP contribution in [0.15, 0.2) is 12.7 Å². The van der Waals surface area contributed by atoms with Crippen molar-refractivity contribution in [2.45, 2.75) is 19.6 Å². The normalized spacial score (nSPS) is 11.0. The zero-order valence-electron chi connectivity index (χ0n) is 5.87. The van der Waals surface area contributed by atoms with Crippen molar-refractivity contribution >= 4 is 18.4 Å². The first-order chi connectivity index (χ1) is 4.20. The fourth-order valence-electron chi connectivity index (χ4n) is 0.281. The van der Waals surface area contributed by atoms with Crippen LogP contribution in [-0.4, -0.2) is 12.2 Å². The summed E-state index contributed by atoms with van der Waals surface area (Å²) < 4.78 is 4.57. The molecule has 3 nitrogen and oxygen atoms in total. The van der Waals surface area contributed by atoms with Crippen LogP contribution in [0.25, 0.3) is 0 Å². The highest BCUT2D eigenvalue weighted by molar-refractivity contribution is 5.85. The number of esters is 1. The van der Waals surface area contributed by atoms with E-state index in [0.717, 1.165) is 6.08 Å². The molecular formula is C6H12ClNO2. The van der Waals surface area contributed by atoms with Gasteiger partial charge in [0.05, 0.1) is 0 Å². The molecule has 0 aromatic carbocycles. The highest BCUT2D eigenvalue weighted by Crippen LogP contribution is 1.89. The largest absolute Gasteiger partial charge is 0.444 e. The number of carbonyl (C=O) groups excluding carboxylic acids is 1. The van der Waals surface area contributed by atoms with Gasteiger partial charge in [-0.1, -0.05) is 13.5 Å². The molecule has 10 heavy (non-hydrogen) atoms. The van der Waals surface area contributed by atoms with Crippen molar-refractivity contribution < 1.29 is 9.53 Å². The Labute approximate surface area is 66.6 Å². The number of rotatable bonds is 3. The van der Waals surface area contributed by atoms with E-state index in [1.165, 1.54) is 0 Å². The van der Waals surface area contributed by atoms with Crippen LogP contribution >= 0.6 is 12.4 Å². The van der Waals surface area contributed by atoms with Crippen LogP contribution in [-0.2, 0) is 9.53 Å². The van der Waals surface area contributed by atoms with Crippen molar-refractivity contribution in [3.63, 3.8) is 0 Å².